The molecule has 0 saturated carbocycles. The van der Waals surface area contributed by atoms with E-state index in [0.717, 1.165) is 21.4 Å². The first-order chi connectivity index (χ1) is 14.2. The minimum atomic E-state index is -0.520. The molecule has 5 nitrogen and oxygen atoms in total. The molecule has 29 heavy (non-hydrogen) atoms. The molecule has 0 bridgehead atoms. The first-order valence-electron chi connectivity index (χ1n) is 8.75. The Morgan fingerprint density at radius 1 is 1.17 bits per heavy atom. The molecule has 0 N–H and O–H groups in total. The van der Waals surface area contributed by atoms with E-state index in [4.69, 9.17) is 25.5 Å². The number of benzene rings is 2. The Balaban J connectivity index is 1.52. The molecular formula is C22H16ClNO4S. The topological polar surface area (TPSA) is 61.0 Å². The van der Waals surface area contributed by atoms with Gasteiger partial charge in [-0.05, 0) is 42.0 Å². The minimum absolute atomic E-state index is 0.314. The van der Waals surface area contributed by atoms with Crippen LogP contribution in [0.5, 0.6) is 11.5 Å². The number of hydrogen-bond donors (Lipinski definition) is 0. The third-order valence-corrected chi connectivity index (χ3v) is 5.83. The number of ether oxygens (including phenoxy) is 2. The zero-order valence-electron chi connectivity index (χ0n) is 15.4. The van der Waals surface area contributed by atoms with Crippen LogP contribution >= 0.6 is 22.9 Å². The van der Waals surface area contributed by atoms with Crippen molar-refractivity contribution in [1.82, 2.24) is 0 Å². The van der Waals surface area contributed by atoms with Crippen LogP contribution in [-0.4, -0.2) is 19.3 Å². The van der Waals surface area contributed by atoms with Crippen LogP contribution in [0.3, 0.4) is 0 Å². The van der Waals surface area contributed by atoms with Crippen molar-refractivity contribution in [3.8, 4) is 11.5 Å². The van der Waals surface area contributed by atoms with Gasteiger partial charge in [0, 0.05) is 16.3 Å². The molecule has 0 unspecified atom stereocenters. The summed E-state index contributed by atoms with van der Waals surface area (Å²) in [5.41, 5.74) is 0.813. The molecule has 0 aliphatic heterocycles. The van der Waals surface area contributed by atoms with Gasteiger partial charge in [-0.2, -0.15) is 0 Å². The van der Waals surface area contributed by atoms with Gasteiger partial charge in [0.1, 0.15) is 10.6 Å². The number of thiophene rings is 1. The van der Waals surface area contributed by atoms with E-state index >= 15 is 0 Å². The Morgan fingerprint density at radius 2 is 2.03 bits per heavy atom. The van der Waals surface area contributed by atoms with Crippen molar-refractivity contribution in [1.29, 1.82) is 0 Å². The highest BCUT2D eigenvalue weighted by Gasteiger charge is 2.20. The average Bonchev–Trinajstić information content (AvgIpc) is 3.37. The molecule has 0 aliphatic carbocycles. The quantitative estimate of drug-likeness (QED) is 0.216. The average molecular weight is 426 g/mol. The number of halogens is 1. The first-order valence-corrected chi connectivity index (χ1v) is 9.94. The maximum absolute atomic E-state index is 12.7. The number of rotatable bonds is 6. The maximum atomic E-state index is 12.7. The Hall–Kier alpha value is -3.09. The van der Waals surface area contributed by atoms with Gasteiger partial charge in [0.2, 0.25) is 0 Å². The number of carbonyl (C=O) groups is 1. The Labute approximate surface area is 176 Å². The van der Waals surface area contributed by atoms with Crippen molar-refractivity contribution in [2.24, 2.45) is 4.99 Å². The molecule has 0 spiro atoms. The molecule has 0 amide bonds. The number of methoxy groups -OCH3 is 1. The third-order valence-electron chi connectivity index (χ3n) is 4.18. The summed E-state index contributed by atoms with van der Waals surface area (Å²) in [6.45, 7) is 0.441. The third kappa shape index (κ3) is 4.18. The fraction of sp³-hybridized carbons (Fsp3) is 0.0909. The van der Waals surface area contributed by atoms with Crippen LogP contribution in [0.25, 0.3) is 10.1 Å². The van der Waals surface area contributed by atoms with Crippen LogP contribution in [0, 0.1) is 0 Å². The summed E-state index contributed by atoms with van der Waals surface area (Å²) >= 11 is 7.67. The maximum Gasteiger partial charge on any atom is 0.355 e. The lowest BCUT2D eigenvalue weighted by Gasteiger charge is -2.09. The van der Waals surface area contributed by atoms with Gasteiger partial charge >= 0.3 is 5.97 Å². The number of hydrogen-bond acceptors (Lipinski definition) is 6. The Morgan fingerprint density at radius 3 is 2.79 bits per heavy atom. The molecular weight excluding hydrogens is 410 g/mol. The summed E-state index contributed by atoms with van der Waals surface area (Å²) in [7, 11) is 1.52. The van der Waals surface area contributed by atoms with Crippen LogP contribution in [0.4, 0.5) is 0 Å². The van der Waals surface area contributed by atoms with Gasteiger partial charge < -0.3 is 13.9 Å². The van der Waals surface area contributed by atoms with Gasteiger partial charge in [-0.15, -0.1) is 11.3 Å². The Kier molecular flexibility index (Phi) is 5.64. The van der Waals surface area contributed by atoms with E-state index in [2.05, 4.69) is 4.99 Å². The van der Waals surface area contributed by atoms with E-state index in [1.54, 1.807) is 30.7 Å². The second kappa shape index (κ2) is 8.51. The summed E-state index contributed by atoms with van der Waals surface area (Å²) in [6.07, 6.45) is 3.32. The van der Waals surface area contributed by atoms with Crippen molar-refractivity contribution in [3.63, 3.8) is 0 Å². The van der Waals surface area contributed by atoms with E-state index < -0.39 is 5.97 Å². The van der Waals surface area contributed by atoms with Crippen molar-refractivity contribution in [2.45, 2.75) is 6.54 Å². The highest BCUT2D eigenvalue weighted by Crippen LogP contribution is 2.36. The van der Waals surface area contributed by atoms with Crippen LogP contribution in [0.15, 0.2) is 70.3 Å². The summed E-state index contributed by atoms with van der Waals surface area (Å²) in [5, 5.41) is 1.23. The molecule has 2 heterocycles. The summed E-state index contributed by atoms with van der Waals surface area (Å²) < 4.78 is 17.1. The van der Waals surface area contributed by atoms with Crippen molar-refractivity contribution >= 4 is 45.2 Å². The SMILES string of the molecule is COc1cc(C=NCc2ccco2)ccc1OC(=O)c1sc2ccccc2c1Cl. The predicted octanol–water partition coefficient (Wildman–Crippen LogP) is 5.99. The fourth-order valence-electron chi connectivity index (χ4n) is 2.78. The van der Waals surface area contributed by atoms with Gasteiger partial charge in [0.25, 0.3) is 0 Å². The van der Waals surface area contributed by atoms with E-state index in [-0.39, 0.29) is 0 Å². The number of aliphatic imine (C=N–C) groups is 1. The molecule has 4 rings (SSSR count). The van der Waals surface area contributed by atoms with E-state index in [1.165, 1.54) is 18.4 Å². The lowest BCUT2D eigenvalue weighted by Crippen LogP contribution is -2.08. The normalized spacial score (nSPS) is 11.2. The molecule has 7 heteroatoms. The van der Waals surface area contributed by atoms with E-state index in [9.17, 15) is 4.79 Å². The zero-order chi connectivity index (χ0) is 20.2. The number of furan rings is 1. The van der Waals surface area contributed by atoms with Crippen molar-refractivity contribution in [3.05, 3.63) is 82.1 Å². The second-order valence-corrected chi connectivity index (χ2v) is 7.52. The van der Waals surface area contributed by atoms with Crippen LogP contribution < -0.4 is 9.47 Å². The highest BCUT2D eigenvalue weighted by molar-refractivity contribution is 7.21. The number of esters is 1. The van der Waals surface area contributed by atoms with Crippen molar-refractivity contribution in [2.75, 3.05) is 7.11 Å². The fourth-order valence-corrected chi connectivity index (χ4v) is 4.17. The standard InChI is InChI=1S/C22H16ClNO4S/c1-26-18-11-14(12-24-13-15-5-4-10-27-15)8-9-17(18)28-22(25)21-20(23)16-6-2-3-7-19(16)29-21/h2-12H,13H2,1H3. The number of fused-ring (bicyclic) bond motifs is 1. The molecule has 0 saturated heterocycles. The van der Waals surface area contributed by atoms with Crippen LogP contribution in [0.2, 0.25) is 5.02 Å². The molecule has 4 aromatic rings. The summed E-state index contributed by atoms with van der Waals surface area (Å²) in [4.78, 5) is 17.4. The zero-order valence-corrected chi connectivity index (χ0v) is 17.0. The van der Waals surface area contributed by atoms with Gasteiger partial charge in [0.15, 0.2) is 11.5 Å². The van der Waals surface area contributed by atoms with Gasteiger partial charge in [-0.25, -0.2) is 4.79 Å². The monoisotopic (exact) mass is 425 g/mol. The van der Waals surface area contributed by atoms with Crippen LogP contribution in [0.1, 0.15) is 21.0 Å². The lowest BCUT2D eigenvalue weighted by atomic mass is 10.2. The van der Waals surface area contributed by atoms with E-state index in [0.29, 0.717) is 27.9 Å². The lowest BCUT2D eigenvalue weighted by molar-refractivity contribution is 0.0735. The second-order valence-electron chi connectivity index (χ2n) is 6.09. The van der Waals surface area contributed by atoms with Crippen molar-refractivity contribution < 1.29 is 18.7 Å². The molecule has 0 aliphatic rings. The van der Waals surface area contributed by atoms with Gasteiger partial charge in [0.05, 0.1) is 24.9 Å². The minimum Gasteiger partial charge on any atom is -0.493 e. The van der Waals surface area contributed by atoms with Gasteiger partial charge in [-0.3, -0.25) is 4.99 Å². The molecule has 0 fully saturated rings. The van der Waals surface area contributed by atoms with Crippen LogP contribution in [-0.2, 0) is 6.54 Å². The smallest absolute Gasteiger partial charge is 0.355 e. The molecule has 2 aromatic carbocycles. The van der Waals surface area contributed by atoms with E-state index in [1.807, 2.05) is 36.4 Å². The highest BCUT2D eigenvalue weighted by atomic mass is 35.5. The summed E-state index contributed by atoms with van der Waals surface area (Å²) in [5.74, 6) is 0.999. The largest absolute Gasteiger partial charge is 0.493 e. The molecule has 146 valence electrons. The first kappa shape index (κ1) is 19.2. The molecule has 0 radical (unpaired) electrons. The number of carbonyl (C=O) groups excluding carboxylic acids is 1. The molecule has 2 aromatic heterocycles. The van der Waals surface area contributed by atoms with Gasteiger partial charge in [-0.1, -0.05) is 29.8 Å². The Bertz CT molecular complexity index is 1180. The predicted molar refractivity (Wildman–Crippen MR) is 115 cm³/mol. The number of nitrogens with zero attached hydrogens (tertiary/aromatic N) is 1. The summed E-state index contributed by atoms with van der Waals surface area (Å²) in [6, 6.07) is 16.5. The molecule has 0 atom stereocenters.